The molecule has 7 heteroatoms. The maximum absolute atomic E-state index is 12.5. The molecule has 0 unspecified atom stereocenters. The third-order valence-corrected chi connectivity index (χ3v) is 5.63. The predicted molar refractivity (Wildman–Crippen MR) is 114 cm³/mol. The normalized spacial score (nSPS) is 11.9. The Labute approximate surface area is 173 Å². The molecule has 1 aromatic carbocycles. The van der Waals surface area contributed by atoms with E-state index in [4.69, 9.17) is 0 Å². The van der Waals surface area contributed by atoms with Crippen molar-refractivity contribution in [2.24, 2.45) is 0 Å². The average Bonchev–Trinajstić information content (AvgIpc) is 3.44. The first-order chi connectivity index (χ1) is 14.2. The molecular weight excluding hydrogens is 382 g/mol. The molecule has 0 aliphatic rings. The van der Waals surface area contributed by atoms with Crippen LogP contribution in [-0.4, -0.2) is 32.2 Å². The zero-order valence-electron chi connectivity index (χ0n) is 16.0. The number of carbonyl (C=O) groups is 1. The van der Waals surface area contributed by atoms with Gasteiger partial charge in [-0.3, -0.25) is 19.4 Å². The number of thiophene rings is 1. The van der Waals surface area contributed by atoms with Crippen LogP contribution in [0.1, 0.15) is 18.4 Å². The van der Waals surface area contributed by atoms with Crippen LogP contribution < -0.4 is 5.32 Å². The van der Waals surface area contributed by atoms with Crippen LogP contribution in [0.3, 0.4) is 0 Å². The monoisotopic (exact) mass is 403 g/mol. The summed E-state index contributed by atoms with van der Waals surface area (Å²) in [5.74, 6) is -0.184. The lowest BCUT2D eigenvalue weighted by atomic mass is 10.0. The Balaban J connectivity index is 1.49. The molecule has 0 bridgehead atoms. The fourth-order valence-corrected chi connectivity index (χ4v) is 3.97. The molecule has 6 nitrogen and oxygen atoms in total. The Morgan fingerprint density at radius 2 is 2.00 bits per heavy atom. The molecule has 0 saturated heterocycles. The number of nitrogens with zero attached hydrogens (tertiary/aromatic N) is 4. The number of aromatic nitrogens is 4. The molecule has 0 aliphatic heterocycles. The smallest absolute Gasteiger partial charge is 0.227 e. The second-order valence-corrected chi connectivity index (χ2v) is 7.57. The van der Waals surface area contributed by atoms with Crippen molar-refractivity contribution in [2.75, 3.05) is 6.54 Å². The van der Waals surface area contributed by atoms with Crippen molar-refractivity contribution < 1.29 is 4.79 Å². The summed E-state index contributed by atoms with van der Waals surface area (Å²) in [5.41, 5.74) is 3.72. The van der Waals surface area contributed by atoms with E-state index in [0.717, 1.165) is 27.4 Å². The molecule has 1 amide bonds. The van der Waals surface area contributed by atoms with Crippen LogP contribution in [-0.2, 0) is 11.3 Å². The Bertz CT molecular complexity index is 1060. The lowest BCUT2D eigenvalue weighted by molar-refractivity contribution is -0.122. The molecule has 0 aliphatic carbocycles. The second kappa shape index (κ2) is 8.79. The zero-order valence-corrected chi connectivity index (χ0v) is 16.8. The van der Waals surface area contributed by atoms with Crippen LogP contribution in [0.4, 0.5) is 0 Å². The summed E-state index contributed by atoms with van der Waals surface area (Å²) in [6.07, 6.45) is 6.88. The van der Waals surface area contributed by atoms with Gasteiger partial charge in [-0.05, 0) is 23.9 Å². The van der Waals surface area contributed by atoms with Crippen molar-refractivity contribution in [1.82, 2.24) is 25.1 Å². The Hall–Kier alpha value is -3.32. The fraction of sp³-hybridized carbons (Fsp3) is 0.182. The van der Waals surface area contributed by atoms with Gasteiger partial charge in [-0.2, -0.15) is 5.10 Å². The largest absolute Gasteiger partial charge is 0.354 e. The minimum Gasteiger partial charge on any atom is -0.354 e. The molecule has 0 saturated carbocycles. The van der Waals surface area contributed by atoms with Crippen molar-refractivity contribution >= 4 is 17.2 Å². The van der Waals surface area contributed by atoms with Gasteiger partial charge in [0.15, 0.2) is 0 Å². The molecule has 4 aromatic rings. The highest BCUT2D eigenvalue weighted by atomic mass is 32.1. The molecule has 4 rings (SSSR count). The van der Waals surface area contributed by atoms with E-state index in [1.165, 1.54) is 0 Å². The first kappa shape index (κ1) is 19.0. The van der Waals surface area contributed by atoms with Crippen LogP contribution in [0.5, 0.6) is 0 Å². The maximum Gasteiger partial charge on any atom is 0.227 e. The van der Waals surface area contributed by atoms with Gasteiger partial charge < -0.3 is 5.32 Å². The number of hydrogen-bond acceptors (Lipinski definition) is 5. The third kappa shape index (κ3) is 4.25. The summed E-state index contributed by atoms with van der Waals surface area (Å²) in [6.45, 7) is 2.98. The van der Waals surface area contributed by atoms with E-state index >= 15 is 0 Å². The molecule has 0 radical (unpaired) electrons. The summed E-state index contributed by atoms with van der Waals surface area (Å²) >= 11 is 1.65. The minimum atomic E-state index is -0.194. The Morgan fingerprint density at radius 3 is 2.72 bits per heavy atom. The molecule has 1 atom stereocenters. The van der Waals surface area contributed by atoms with Crippen molar-refractivity contribution in [3.63, 3.8) is 0 Å². The lowest BCUT2D eigenvalue weighted by Gasteiger charge is -2.13. The summed E-state index contributed by atoms with van der Waals surface area (Å²) in [7, 11) is 0. The van der Waals surface area contributed by atoms with Crippen LogP contribution in [0.2, 0.25) is 0 Å². The van der Waals surface area contributed by atoms with E-state index in [-0.39, 0.29) is 11.8 Å². The first-order valence-electron chi connectivity index (χ1n) is 9.43. The number of benzene rings is 1. The van der Waals surface area contributed by atoms with Gasteiger partial charge in [0.05, 0.1) is 41.1 Å². The zero-order chi connectivity index (χ0) is 20.1. The second-order valence-electron chi connectivity index (χ2n) is 6.62. The van der Waals surface area contributed by atoms with Crippen LogP contribution >= 0.6 is 11.3 Å². The van der Waals surface area contributed by atoms with Gasteiger partial charge in [0, 0.05) is 24.5 Å². The Kier molecular flexibility index (Phi) is 5.76. The SMILES string of the molecule is C[C@@H](C(=O)NCCn1ncc(-c2cnccn2)c1-c1cccs1)c1ccccc1. The number of hydrogen-bond donors (Lipinski definition) is 1. The van der Waals surface area contributed by atoms with Gasteiger partial charge in [0.1, 0.15) is 0 Å². The van der Waals surface area contributed by atoms with Crippen LogP contribution in [0.15, 0.2) is 72.6 Å². The van der Waals surface area contributed by atoms with Gasteiger partial charge in [0.2, 0.25) is 5.91 Å². The van der Waals surface area contributed by atoms with Crippen LogP contribution in [0.25, 0.3) is 21.8 Å². The summed E-state index contributed by atoms with van der Waals surface area (Å²) < 4.78 is 1.92. The van der Waals surface area contributed by atoms with Crippen molar-refractivity contribution in [2.45, 2.75) is 19.4 Å². The van der Waals surface area contributed by atoms with Gasteiger partial charge >= 0.3 is 0 Å². The molecule has 1 N–H and O–H groups in total. The molecule has 29 heavy (non-hydrogen) atoms. The van der Waals surface area contributed by atoms with Crippen molar-refractivity contribution in [3.05, 3.63) is 78.2 Å². The number of carbonyl (C=O) groups excluding carboxylic acids is 1. The molecule has 146 valence electrons. The van der Waals surface area contributed by atoms with Gasteiger partial charge in [-0.1, -0.05) is 36.4 Å². The quantitative estimate of drug-likeness (QED) is 0.506. The van der Waals surface area contributed by atoms with Gasteiger partial charge in [-0.25, -0.2) is 0 Å². The van der Waals surface area contributed by atoms with E-state index in [9.17, 15) is 4.79 Å². The standard InChI is InChI=1S/C22H21N5OS/c1-16(17-6-3-2-4-7-17)22(28)25-11-12-27-21(20-8-5-13-29-20)18(14-26-27)19-15-23-9-10-24-19/h2-10,13-16H,11-12H2,1H3,(H,25,28)/t16-/m1/s1. The lowest BCUT2D eigenvalue weighted by Crippen LogP contribution is -2.31. The van der Waals surface area contributed by atoms with Crippen LogP contribution in [0, 0.1) is 0 Å². The van der Waals surface area contributed by atoms with Gasteiger partial charge in [-0.15, -0.1) is 11.3 Å². The molecular formula is C22H21N5OS. The van der Waals surface area contributed by atoms with E-state index in [2.05, 4.69) is 26.4 Å². The Morgan fingerprint density at radius 1 is 1.14 bits per heavy atom. The predicted octanol–water partition coefficient (Wildman–Crippen LogP) is 3.99. The number of amides is 1. The van der Waals surface area contributed by atoms with E-state index in [1.54, 1.807) is 29.9 Å². The summed E-state index contributed by atoms with van der Waals surface area (Å²) in [6, 6.07) is 13.9. The molecule has 3 aromatic heterocycles. The molecule has 0 fully saturated rings. The minimum absolute atomic E-state index is 0.00943. The number of rotatable bonds is 7. The fourth-order valence-electron chi connectivity index (χ4n) is 3.18. The average molecular weight is 404 g/mol. The third-order valence-electron chi connectivity index (χ3n) is 4.75. The molecule has 3 heterocycles. The maximum atomic E-state index is 12.5. The van der Waals surface area contributed by atoms with E-state index in [1.807, 2.05) is 59.6 Å². The summed E-state index contributed by atoms with van der Waals surface area (Å²) in [4.78, 5) is 22.2. The highest BCUT2D eigenvalue weighted by Crippen LogP contribution is 2.33. The van der Waals surface area contributed by atoms with Gasteiger partial charge in [0.25, 0.3) is 0 Å². The van der Waals surface area contributed by atoms with E-state index < -0.39 is 0 Å². The molecule has 0 spiro atoms. The first-order valence-corrected chi connectivity index (χ1v) is 10.3. The highest BCUT2D eigenvalue weighted by Gasteiger charge is 2.18. The summed E-state index contributed by atoms with van der Waals surface area (Å²) in [5, 5.41) is 9.62. The topological polar surface area (TPSA) is 72.7 Å². The van der Waals surface area contributed by atoms with Crippen molar-refractivity contribution in [3.8, 4) is 21.8 Å². The van der Waals surface area contributed by atoms with Crippen molar-refractivity contribution in [1.29, 1.82) is 0 Å². The van der Waals surface area contributed by atoms with E-state index in [0.29, 0.717) is 13.1 Å². The highest BCUT2D eigenvalue weighted by molar-refractivity contribution is 7.13. The number of nitrogens with one attached hydrogen (secondary N) is 1.